The van der Waals surface area contributed by atoms with Crippen LogP contribution in [0.2, 0.25) is 0 Å². The van der Waals surface area contributed by atoms with Gasteiger partial charge in [0, 0.05) is 19.4 Å². The van der Waals surface area contributed by atoms with E-state index >= 15 is 0 Å². The molecule has 1 aromatic heterocycles. The number of aromatic nitrogens is 2. The van der Waals surface area contributed by atoms with Crippen LogP contribution in [0.3, 0.4) is 0 Å². The standard InChI is InChI=1S/C11H12ClF2N3O2/c1-19-10(18)7-5-16-9(6-15-7)17-3-2-11(13,14)4-8(17)12/h5-6,8H,2-4H2,1H3. The van der Waals surface area contributed by atoms with Gasteiger partial charge < -0.3 is 9.64 Å². The van der Waals surface area contributed by atoms with Gasteiger partial charge in [0.25, 0.3) is 5.92 Å². The van der Waals surface area contributed by atoms with Crippen molar-refractivity contribution in [3.8, 4) is 0 Å². The number of piperidine rings is 1. The van der Waals surface area contributed by atoms with Crippen molar-refractivity contribution in [3.63, 3.8) is 0 Å². The van der Waals surface area contributed by atoms with Gasteiger partial charge in [-0.1, -0.05) is 11.6 Å². The molecule has 0 N–H and O–H groups in total. The van der Waals surface area contributed by atoms with Gasteiger partial charge in [-0.25, -0.2) is 23.5 Å². The highest BCUT2D eigenvalue weighted by molar-refractivity contribution is 6.21. The second-order valence-corrected chi connectivity index (χ2v) is 4.69. The summed E-state index contributed by atoms with van der Waals surface area (Å²) in [7, 11) is 1.24. The van der Waals surface area contributed by atoms with Gasteiger partial charge in [0.2, 0.25) is 0 Å². The first-order valence-electron chi connectivity index (χ1n) is 5.62. The van der Waals surface area contributed by atoms with Crippen LogP contribution in [0.5, 0.6) is 0 Å². The van der Waals surface area contributed by atoms with Crippen molar-refractivity contribution in [2.24, 2.45) is 0 Å². The Morgan fingerprint density at radius 1 is 1.53 bits per heavy atom. The Morgan fingerprint density at radius 2 is 2.26 bits per heavy atom. The Hall–Kier alpha value is -1.50. The molecule has 0 aliphatic carbocycles. The maximum Gasteiger partial charge on any atom is 0.358 e. The number of anilines is 1. The van der Waals surface area contributed by atoms with Gasteiger partial charge in [0.05, 0.1) is 19.5 Å². The van der Waals surface area contributed by atoms with Crippen molar-refractivity contribution in [1.29, 1.82) is 0 Å². The van der Waals surface area contributed by atoms with E-state index in [0.29, 0.717) is 5.82 Å². The zero-order chi connectivity index (χ0) is 14.0. The molecular formula is C11H12ClF2N3O2. The number of carbonyl (C=O) groups is 1. The predicted molar refractivity (Wildman–Crippen MR) is 64.5 cm³/mol. The number of hydrogen-bond donors (Lipinski definition) is 0. The molecule has 1 fully saturated rings. The van der Waals surface area contributed by atoms with E-state index in [1.54, 1.807) is 0 Å². The third-order valence-electron chi connectivity index (χ3n) is 2.85. The van der Waals surface area contributed by atoms with Crippen LogP contribution in [-0.2, 0) is 4.74 Å². The number of nitrogens with zero attached hydrogens (tertiary/aromatic N) is 3. The second-order valence-electron chi connectivity index (χ2n) is 4.19. The zero-order valence-electron chi connectivity index (χ0n) is 10.1. The van der Waals surface area contributed by atoms with E-state index in [-0.39, 0.29) is 18.7 Å². The fraction of sp³-hybridized carbons (Fsp3) is 0.545. The van der Waals surface area contributed by atoms with Gasteiger partial charge in [-0.2, -0.15) is 0 Å². The van der Waals surface area contributed by atoms with Crippen molar-refractivity contribution in [3.05, 3.63) is 18.1 Å². The van der Waals surface area contributed by atoms with Crippen molar-refractivity contribution in [1.82, 2.24) is 9.97 Å². The Bertz CT molecular complexity index is 470. The molecule has 19 heavy (non-hydrogen) atoms. The molecule has 104 valence electrons. The molecular weight excluding hydrogens is 280 g/mol. The quantitative estimate of drug-likeness (QED) is 0.474. The average molecular weight is 292 g/mol. The SMILES string of the molecule is COC(=O)c1cnc(N2CCC(F)(F)CC2Cl)cn1. The van der Waals surface area contributed by atoms with Crippen LogP contribution < -0.4 is 4.90 Å². The highest BCUT2D eigenvalue weighted by Crippen LogP contribution is 2.35. The molecule has 1 unspecified atom stereocenters. The Labute approximate surface area is 113 Å². The summed E-state index contributed by atoms with van der Waals surface area (Å²) in [5.41, 5.74) is -0.790. The molecule has 1 aromatic rings. The van der Waals surface area contributed by atoms with Gasteiger partial charge in [-0.15, -0.1) is 0 Å². The number of rotatable bonds is 2. The van der Waals surface area contributed by atoms with E-state index < -0.39 is 23.8 Å². The number of carbonyl (C=O) groups excluding carboxylic acids is 1. The van der Waals surface area contributed by atoms with Crippen molar-refractivity contribution >= 4 is 23.4 Å². The molecule has 8 heteroatoms. The van der Waals surface area contributed by atoms with E-state index in [1.165, 1.54) is 24.4 Å². The smallest absolute Gasteiger partial charge is 0.358 e. The first-order valence-corrected chi connectivity index (χ1v) is 6.05. The highest BCUT2D eigenvalue weighted by atomic mass is 35.5. The van der Waals surface area contributed by atoms with Crippen LogP contribution in [0.1, 0.15) is 23.3 Å². The fourth-order valence-electron chi connectivity index (χ4n) is 1.82. The minimum atomic E-state index is -2.75. The maximum atomic E-state index is 13.2. The minimum Gasteiger partial charge on any atom is -0.464 e. The summed E-state index contributed by atoms with van der Waals surface area (Å²) in [5.74, 6) is -2.99. The van der Waals surface area contributed by atoms with Gasteiger partial charge in [-0.3, -0.25) is 0 Å². The van der Waals surface area contributed by atoms with Crippen LogP contribution in [0.25, 0.3) is 0 Å². The number of halogens is 3. The Balaban J connectivity index is 2.12. The van der Waals surface area contributed by atoms with Crippen LogP contribution in [0, 0.1) is 0 Å². The number of esters is 1. The molecule has 5 nitrogen and oxygen atoms in total. The largest absolute Gasteiger partial charge is 0.464 e. The lowest BCUT2D eigenvalue weighted by atomic mass is 10.1. The lowest BCUT2D eigenvalue weighted by molar-refractivity contribution is -0.0261. The fourth-order valence-corrected chi connectivity index (χ4v) is 2.24. The molecule has 2 heterocycles. The lowest BCUT2D eigenvalue weighted by Crippen LogP contribution is -2.44. The zero-order valence-corrected chi connectivity index (χ0v) is 10.9. The van der Waals surface area contributed by atoms with Crippen LogP contribution >= 0.6 is 11.6 Å². The van der Waals surface area contributed by atoms with Gasteiger partial charge in [-0.05, 0) is 0 Å². The molecule has 2 rings (SSSR count). The van der Waals surface area contributed by atoms with Crippen molar-refractivity contribution in [2.45, 2.75) is 24.3 Å². The van der Waals surface area contributed by atoms with Gasteiger partial charge in [0.1, 0.15) is 11.3 Å². The monoisotopic (exact) mass is 291 g/mol. The van der Waals surface area contributed by atoms with Gasteiger partial charge in [0.15, 0.2) is 5.69 Å². The first kappa shape index (κ1) is 13.9. The second kappa shape index (κ2) is 5.24. The average Bonchev–Trinajstić information content (AvgIpc) is 2.37. The molecule has 1 saturated heterocycles. The summed E-state index contributed by atoms with van der Waals surface area (Å²) >= 11 is 5.92. The number of hydrogen-bond acceptors (Lipinski definition) is 5. The highest BCUT2D eigenvalue weighted by Gasteiger charge is 2.40. The molecule has 1 aliphatic heterocycles. The molecule has 0 aromatic carbocycles. The number of alkyl halides is 3. The number of ether oxygens (including phenoxy) is 1. The third kappa shape index (κ3) is 3.09. The summed E-state index contributed by atoms with van der Waals surface area (Å²) in [6, 6.07) is 0. The normalized spacial score (nSPS) is 22.1. The topological polar surface area (TPSA) is 55.3 Å². The molecule has 0 radical (unpaired) electrons. The van der Waals surface area contributed by atoms with Crippen molar-refractivity contribution in [2.75, 3.05) is 18.6 Å². The molecule has 0 saturated carbocycles. The van der Waals surface area contributed by atoms with Gasteiger partial charge >= 0.3 is 5.97 Å². The van der Waals surface area contributed by atoms with Crippen LogP contribution in [0.4, 0.5) is 14.6 Å². The third-order valence-corrected chi connectivity index (χ3v) is 3.24. The molecule has 0 amide bonds. The van der Waals surface area contributed by atoms with Crippen LogP contribution in [-0.4, -0.2) is 41.0 Å². The van der Waals surface area contributed by atoms with E-state index in [0.717, 1.165) is 0 Å². The minimum absolute atomic E-state index is 0.0553. The Morgan fingerprint density at radius 3 is 2.79 bits per heavy atom. The summed E-state index contributed by atoms with van der Waals surface area (Å²) in [5, 5.41) is 0. The molecule has 0 bridgehead atoms. The summed E-state index contributed by atoms with van der Waals surface area (Å²) < 4.78 is 30.8. The lowest BCUT2D eigenvalue weighted by Gasteiger charge is -2.36. The van der Waals surface area contributed by atoms with Crippen molar-refractivity contribution < 1.29 is 18.3 Å². The molecule has 1 atom stereocenters. The Kier molecular flexibility index (Phi) is 3.84. The first-order chi connectivity index (χ1) is 8.93. The molecule has 1 aliphatic rings. The summed E-state index contributed by atoms with van der Waals surface area (Å²) in [6.45, 7) is 0.0907. The number of methoxy groups -OCH3 is 1. The summed E-state index contributed by atoms with van der Waals surface area (Å²) in [4.78, 5) is 20.6. The van der Waals surface area contributed by atoms with Crippen LogP contribution in [0.15, 0.2) is 12.4 Å². The van der Waals surface area contributed by atoms with E-state index in [9.17, 15) is 13.6 Å². The summed E-state index contributed by atoms with van der Waals surface area (Å²) in [6.07, 6.45) is 1.84. The predicted octanol–water partition coefficient (Wildman–Crippen LogP) is 2.06. The molecule has 0 spiro atoms. The van der Waals surface area contributed by atoms with E-state index in [1.807, 2.05) is 0 Å². The van der Waals surface area contributed by atoms with E-state index in [4.69, 9.17) is 11.6 Å². The van der Waals surface area contributed by atoms with E-state index in [2.05, 4.69) is 14.7 Å². The maximum absolute atomic E-state index is 13.2.